The lowest BCUT2D eigenvalue weighted by Gasteiger charge is -2.42. The Labute approximate surface area is 216 Å². The van der Waals surface area contributed by atoms with E-state index < -0.39 is 32.0 Å². The van der Waals surface area contributed by atoms with Crippen LogP contribution in [0.2, 0.25) is 0 Å². The Morgan fingerprint density at radius 2 is 1.89 bits per heavy atom. The van der Waals surface area contributed by atoms with Gasteiger partial charge in [0, 0.05) is 29.8 Å². The maximum absolute atomic E-state index is 11.5. The van der Waals surface area contributed by atoms with Crippen LogP contribution < -0.4 is 21.5 Å². The van der Waals surface area contributed by atoms with Crippen LogP contribution in [0.5, 0.6) is 5.75 Å². The van der Waals surface area contributed by atoms with Crippen LogP contribution in [-0.2, 0) is 16.7 Å². The summed E-state index contributed by atoms with van der Waals surface area (Å²) in [7, 11) is -5.67. The van der Waals surface area contributed by atoms with E-state index in [9.17, 15) is 17.5 Å². The molecule has 1 heterocycles. The molecule has 11 heteroatoms. The molecule has 8 N–H and O–H groups in total. The lowest BCUT2D eigenvalue weighted by Crippen LogP contribution is -2.49. The van der Waals surface area contributed by atoms with Gasteiger partial charge in [-0.2, -0.15) is 19.0 Å². The lowest BCUT2D eigenvalue weighted by atomic mass is 9.88. The van der Waals surface area contributed by atoms with Crippen molar-refractivity contribution in [2.45, 2.75) is 62.6 Å². The van der Waals surface area contributed by atoms with Gasteiger partial charge in [0.2, 0.25) is 0 Å². The van der Waals surface area contributed by atoms with Crippen LogP contribution in [0.1, 0.15) is 62.3 Å². The molecule has 3 rings (SSSR count). The molecule has 2 aromatic carbocycles. The molecule has 2 aromatic rings. The van der Waals surface area contributed by atoms with Gasteiger partial charge in [0.25, 0.3) is 10.1 Å². The Hall–Kier alpha value is -1.70. The predicted octanol–water partition coefficient (Wildman–Crippen LogP) is 4.98. The maximum Gasteiger partial charge on any atom is 0.266 e. The van der Waals surface area contributed by atoms with Crippen molar-refractivity contribution in [2.24, 2.45) is 0 Å². The highest BCUT2D eigenvalue weighted by molar-refractivity contribution is 8.24. The molecule has 0 radical (unpaired) electrons. The SMILES string of the molecule is CCCC[C@]1(CC)CS(O)(O)c2cc(CNCCS(=O)(=O)O)c(OC)cc2[C@@H](c2ccccc2)N1.N. The van der Waals surface area contributed by atoms with E-state index in [4.69, 9.17) is 9.29 Å². The van der Waals surface area contributed by atoms with E-state index in [0.29, 0.717) is 16.2 Å². The van der Waals surface area contributed by atoms with Crippen molar-refractivity contribution in [1.82, 2.24) is 16.8 Å². The average Bonchev–Trinajstić information content (AvgIpc) is 2.92. The molecule has 1 aliphatic heterocycles. The molecule has 36 heavy (non-hydrogen) atoms. The second-order valence-corrected chi connectivity index (χ2v) is 12.8. The van der Waals surface area contributed by atoms with Gasteiger partial charge in [-0.1, -0.05) is 57.0 Å². The Kier molecular flexibility index (Phi) is 10.8. The Balaban J connectivity index is 0.00000456. The van der Waals surface area contributed by atoms with Gasteiger partial charge in [0.1, 0.15) is 5.75 Å². The third-order valence-corrected chi connectivity index (χ3v) is 9.41. The topological polar surface area (TPSA) is 163 Å². The zero-order valence-corrected chi connectivity index (χ0v) is 23.0. The fourth-order valence-corrected chi connectivity index (χ4v) is 7.36. The van der Waals surface area contributed by atoms with Crippen molar-refractivity contribution in [3.63, 3.8) is 0 Å². The first-order chi connectivity index (χ1) is 16.5. The summed E-state index contributed by atoms with van der Waals surface area (Å²) >= 11 is 0. The van der Waals surface area contributed by atoms with E-state index in [1.807, 2.05) is 36.4 Å². The summed E-state index contributed by atoms with van der Waals surface area (Å²) in [5.41, 5.74) is 2.03. The van der Waals surface area contributed by atoms with E-state index in [0.717, 1.165) is 36.8 Å². The molecule has 0 saturated heterocycles. The first-order valence-corrected chi connectivity index (χ1v) is 15.3. The number of fused-ring (bicyclic) bond motifs is 1. The minimum atomic E-state index is -4.07. The van der Waals surface area contributed by atoms with E-state index >= 15 is 0 Å². The first kappa shape index (κ1) is 30.5. The Morgan fingerprint density at radius 1 is 1.19 bits per heavy atom. The number of benzene rings is 2. The monoisotopic (exact) mass is 543 g/mol. The average molecular weight is 544 g/mol. The molecule has 0 spiro atoms. The van der Waals surface area contributed by atoms with Gasteiger partial charge >= 0.3 is 0 Å². The molecule has 0 saturated carbocycles. The van der Waals surface area contributed by atoms with Crippen molar-refractivity contribution >= 4 is 20.7 Å². The molecule has 0 amide bonds. The van der Waals surface area contributed by atoms with Gasteiger partial charge in [-0.25, -0.2) is 0 Å². The smallest absolute Gasteiger partial charge is 0.266 e. The fraction of sp³-hybridized carbons (Fsp3) is 0.520. The van der Waals surface area contributed by atoms with Crippen LogP contribution >= 0.6 is 10.6 Å². The van der Waals surface area contributed by atoms with Crippen molar-refractivity contribution in [3.8, 4) is 5.75 Å². The maximum atomic E-state index is 11.5. The molecule has 0 bridgehead atoms. The molecule has 204 valence electrons. The van der Waals surface area contributed by atoms with E-state index in [1.54, 1.807) is 13.2 Å². The summed E-state index contributed by atoms with van der Waals surface area (Å²) in [6, 6.07) is 13.4. The summed E-state index contributed by atoms with van der Waals surface area (Å²) in [5.74, 6) is 0.374. The van der Waals surface area contributed by atoms with Gasteiger partial charge in [0.15, 0.2) is 0 Å². The highest BCUT2D eigenvalue weighted by Crippen LogP contribution is 2.58. The van der Waals surface area contributed by atoms with Gasteiger partial charge in [0.05, 0.1) is 29.6 Å². The molecule has 0 aromatic heterocycles. The lowest BCUT2D eigenvalue weighted by molar-refractivity contribution is 0.290. The zero-order valence-electron chi connectivity index (χ0n) is 21.4. The van der Waals surface area contributed by atoms with Crippen molar-refractivity contribution in [2.75, 3.05) is 25.2 Å². The van der Waals surface area contributed by atoms with Gasteiger partial charge in [-0.3, -0.25) is 19.0 Å². The molecule has 9 nitrogen and oxygen atoms in total. The van der Waals surface area contributed by atoms with Crippen LogP contribution in [-0.4, -0.2) is 52.8 Å². The van der Waals surface area contributed by atoms with Crippen molar-refractivity contribution in [3.05, 3.63) is 59.2 Å². The third-order valence-electron chi connectivity index (χ3n) is 6.67. The first-order valence-electron chi connectivity index (χ1n) is 12.0. The number of hydrogen-bond donors (Lipinski definition) is 6. The highest BCUT2D eigenvalue weighted by Gasteiger charge is 2.42. The molecular weight excluding hydrogens is 502 g/mol. The number of unbranched alkanes of at least 4 members (excludes halogenated alkanes) is 1. The predicted molar refractivity (Wildman–Crippen MR) is 146 cm³/mol. The zero-order chi connectivity index (χ0) is 25.7. The minimum absolute atomic E-state index is 0. The van der Waals surface area contributed by atoms with Gasteiger partial charge in [-0.15, -0.1) is 0 Å². The summed E-state index contributed by atoms with van der Waals surface area (Å²) in [5, 5.41) is 6.81. The second kappa shape index (κ2) is 12.7. The summed E-state index contributed by atoms with van der Waals surface area (Å²) in [6.45, 7) is 4.52. The number of hydrogen-bond acceptors (Lipinski definition) is 8. The third kappa shape index (κ3) is 7.42. The van der Waals surface area contributed by atoms with E-state index in [1.165, 1.54) is 0 Å². The highest BCUT2D eigenvalue weighted by atomic mass is 32.3. The summed E-state index contributed by atoms with van der Waals surface area (Å²) in [6.07, 6.45) is 3.56. The molecule has 1 aliphatic rings. The number of nitrogens with one attached hydrogen (secondary N) is 2. The number of ether oxygens (including phenoxy) is 1. The quantitative estimate of drug-likeness (QED) is 0.169. The Bertz CT molecular complexity index is 1100. The molecule has 0 fully saturated rings. The molecule has 0 unspecified atom stereocenters. The fourth-order valence-electron chi connectivity index (χ4n) is 4.72. The van der Waals surface area contributed by atoms with Crippen molar-refractivity contribution in [1.29, 1.82) is 0 Å². The normalized spacial score (nSPS) is 22.1. The number of methoxy groups -OCH3 is 1. The van der Waals surface area contributed by atoms with Crippen LogP contribution in [0.15, 0.2) is 47.4 Å². The largest absolute Gasteiger partial charge is 0.496 e. The Morgan fingerprint density at radius 3 is 2.47 bits per heavy atom. The number of rotatable bonds is 11. The van der Waals surface area contributed by atoms with E-state index in [2.05, 4.69) is 24.5 Å². The van der Waals surface area contributed by atoms with Crippen LogP contribution in [0.3, 0.4) is 0 Å². The molecule has 0 aliphatic carbocycles. The standard InChI is InChI=1S/C25H38N2O6S2.H3N/c1-4-6-12-25(5-2)18-34(28,29)23-15-20(17-26-13-14-35(30,31)32)22(33-3)16-21(23)24(27-25)19-10-8-7-9-11-19;/h7-11,15-16,24,26-29H,4-6,12-14,17-18H2,1-3H3,(H,30,31,32);1H3/t24-,25-;/m1./s1. The van der Waals surface area contributed by atoms with Crippen LogP contribution in [0.25, 0.3) is 0 Å². The van der Waals surface area contributed by atoms with E-state index in [-0.39, 0.29) is 31.0 Å². The van der Waals surface area contributed by atoms with Crippen molar-refractivity contribution < 1.29 is 26.8 Å². The molecular formula is C25H41N3O6S2. The minimum Gasteiger partial charge on any atom is -0.496 e. The summed E-state index contributed by atoms with van der Waals surface area (Å²) in [4.78, 5) is 0.484. The van der Waals surface area contributed by atoms with Gasteiger partial charge in [-0.05, 0) is 30.5 Å². The molecule has 2 atom stereocenters. The van der Waals surface area contributed by atoms with Gasteiger partial charge < -0.3 is 16.2 Å². The van der Waals surface area contributed by atoms with Crippen LogP contribution in [0, 0.1) is 0 Å². The second-order valence-electron chi connectivity index (χ2n) is 9.20. The summed E-state index contributed by atoms with van der Waals surface area (Å²) < 4.78 is 59.8. The van der Waals surface area contributed by atoms with Crippen LogP contribution in [0.4, 0.5) is 0 Å².